The first-order chi connectivity index (χ1) is 11.8. The van der Waals surface area contributed by atoms with Crippen molar-refractivity contribution in [3.05, 3.63) is 35.9 Å². The number of pyridine rings is 1. The van der Waals surface area contributed by atoms with E-state index in [-0.39, 0.29) is 0 Å². The fourth-order valence-electron chi connectivity index (χ4n) is 2.45. The van der Waals surface area contributed by atoms with Crippen molar-refractivity contribution in [1.29, 1.82) is 0 Å². The number of thiazole rings is 2. The van der Waals surface area contributed by atoms with E-state index in [0.717, 1.165) is 49.7 Å². The van der Waals surface area contributed by atoms with Gasteiger partial charge in [0.15, 0.2) is 0 Å². The van der Waals surface area contributed by atoms with Gasteiger partial charge in [-0.05, 0) is 19.1 Å². The summed E-state index contributed by atoms with van der Waals surface area (Å²) in [6.45, 7) is 2.03. The van der Waals surface area contributed by atoms with E-state index < -0.39 is 0 Å². The summed E-state index contributed by atoms with van der Waals surface area (Å²) in [6.07, 6.45) is 4.50. The molecule has 122 valence electrons. The molecule has 0 saturated heterocycles. The molecule has 8 heteroatoms. The van der Waals surface area contributed by atoms with Crippen LogP contribution in [-0.4, -0.2) is 33.5 Å². The highest BCUT2D eigenvalue weighted by atomic mass is 32.2. The van der Waals surface area contributed by atoms with Crippen LogP contribution >= 0.6 is 34.4 Å². The summed E-state index contributed by atoms with van der Waals surface area (Å²) in [5, 5.41) is 6.11. The summed E-state index contributed by atoms with van der Waals surface area (Å²) in [7, 11) is 1.58. The van der Waals surface area contributed by atoms with E-state index in [9.17, 15) is 0 Å². The molecule has 0 saturated carbocycles. The Morgan fingerprint density at radius 2 is 2.12 bits per heavy atom. The van der Waals surface area contributed by atoms with Crippen molar-refractivity contribution >= 4 is 40.1 Å². The maximum atomic E-state index is 4.97. The van der Waals surface area contributed by atoms with Crippen LogP contribution in [0.4, 0.5) is 0 Å². The number of hydrogen-bond donors (Lipinski definition) is 0. The molecule has 1 aliphatic rings. The molecule has 0 radical (unpaired) electrons. The first kappa shape index (κ1) is 15.7. The van der Waals surface area contributed by atoms with Crippen LogP contribution < -0.4 is 0 Å². The van der Waals surface area contributed by atoms with Crippen molar-refractivity contribution in [3.8, 4) is 20.5 Å². The Morgan fingerprint density at radius 1 is 1.21 bits per heavy atom. The maximum absolute atomic E-state index is 4.97. The number of rotatable bonds is 3. The molecule has 24 heavy (non-hydrogen) atoms. The quantitative estimate of drug-likeness (QED) is 0.633. The number of aryl methyl sites for hydroxylation is 1. The van der Waals surface area contributed by atoms with E-state index in [2.05, 4.69) is 10.1 Å². The van der Waals surface area contributed by atoms with Gasteiger partial charge < -0.3 is 4.84 Å². The van der Waals surface area contributed by atoms with Crippen LogP contribution in [0.5, 0.6) is 0 Å². The van der Waals surface area contributed by atoms with E-state index in [1.807, 2.05) is 37.0 Å². The lowest BCUT2D eigenvalue weighted by Crippen LogP contribution is -2.09. The molecule has 1 aliphatic heterocycles. The molecular formula is C16H14N4OS3. The van der Waals surface area contributed by atoms with Gasteiger partial charge in [-0.1, -0.05) is 5.16 Å². The highest BCUT2D eigenvalue weighted by Gasteiger charge is 2.24. The molecule has 0 bridgehead atoms. The second kappa shape index (κ2) is 6.62. The average Bonchev–Trinajstić information content (AvgIpc) is 3.20. The molecule has 4 heterocycles. The van der Waals surface area contributed by atoms with Gasteiger partial charge in [0.2, 0.25) is 0 Å². The highest BCUT2D eigenvalue weighted by Crippen LogP contribution is 2.42. The van der Waals surface area contributed by atoms with Gasteiger partial charge in [-0.2, -0.15) is 0 Å². The van der Waals surface area contributed by atoms with E-state index in [4.69, 9.17) is 14.8 Å². The molecule has 4 rings (SSSR count). The van der Waals surface area contributed by atoms with Crippen molar-refractivity contribution in [2.45, 2.75) is 17.6 Å². The standard InChI is InChI=1S/C16H14N4OS3/c1-9-13(23-14(18-9)10-4-3-6-17-8-10)15-19-12-11(20-21-2)5-7-22-16(12)24-15/h3-4,6,8H,5,7H2,1-2H3/b20-11+. The van der Waals surface area contributed by atoms with Gasteiger partial charge in [0.05, 0.1) is 14.8 Å². The Bertz CT molecular complexity index is 901. The van der Waals surface area contributed by atoms with Crippen molar-refractivity contribution in [1.82, 2.24) is 15.0 Å². The predicted octanol–water partition coefficient (Wildman–Crippen LogP) is 4.48. The molecule has 0 fully saturated rings. The monoisotopic (exact) mass is 374 g/mol. The topological polar surface area (TPSA) is 60.3 Å². The van der Waals surface area contributed by atoms with Crippen molar-refractivity contribution in [2.75, 3.05) is 12.9 Å². The van der Waals surface area contributed by atoms with Gasteiger partial charge in [-0.3, -0.25) is 4.98 Å². The number of oxime groups is 1. The largest absolute Gasteiger partial charge is 0.399 e. The lowest BCUT2D eigenvalue weighted by molar-refractivity contribution is 0.213. The Balaban J connectivity index is 1.75. The number of thioether (sulfide) groups is 1. The molecule has 3 aromatic rings. The first-order valence-electron chi connectivity index (χ1n) is 7.38. The molecular weight excluding hydrogens is 360 g/mol. The van der Waals surface area contributed by atoms with Crippen LogP contribution in [0.25, 0.3) is 20.5 Å². The van der Waals surface area contributed by atoms with Crippen LogP contribution in [0, 0.1) is 6.92 Å². The van der Waals surface area contributed by atoms with Crippen LogP contribution in [0.1, 0.15) is 17.8 Å². The minimum atomic E-state index is 0.886. The second-order valence-electron chi connectivity index (χ2n) is 5.15. The summed E-state index contributed by atoms with van der Waals surface area (Å²) < 4.78 is 1.21. The van der Waals surface area contributed by atoms with Gasteiger partial charge in [-0.15, -0.1) is 34.4 Å². The molecule has 0 atom stereocenters. The van der Waals surface area contributed by atoms with Gasteiger partial charge >= 0.3 is 0 Å². The van der Waals surface area contributed by atoms with Crippen molar-refractivity contribution < 1.29 is 4.84 Å². The van der Waals surface area contributed by atoms with Gasteiger partial charge in [0.25, 0.3) is 0 Å². The molecule has 5 nitrogen and oxygen atoms in total. The molecule has 0 unspecified atom stereocenters. The van der Waals surface area contributed by atoms with Gasteiger partial charge in [0, 0.05) is 30.1 Å². The Kier molecular flexibility index (Phi) is 4.34. The summed E-state index contributed by atoms with van der Waals surface area (Å²) in [4.78, 5) is 19.8. The van der Waals surface area contributed by atoms with Crippen LogP contribution in [0.15, 0.2) is 33.9 Å². The summed E-state index contributed by atoms with van der Waals surface area (Å²) in [6, 6.07) is 3.96. The lowest BCUT2D eigenvalue weighted by atomic mass is 10.2. The third-order valence-electron chi connectivity index (χ3n) is 3.54. The van der Waals surface area contributed by atoms with E-state index in [0.29, 0.717) is 0 Å². The zero-order valence-corrected chi connectivity index (χ0v) is 15.6. The first-order valence-corrected chi connectivity index (χ1v) is 10.0. The SMILES string of the molecule is CO/N=C1\CCSc2sc(-c3sc(-c4cccnc4)nc3C)nc21. The van der Waals surface area contributed by atoms with Crippen molar-refractivity contribution in [3.63, 3.8) is 0 Å². The van der Waals surface area contributed by atoms with E-state index in [1.165, 1.54) is 4.21 Å². The van der Waals surface area contributed by atoms with Crippen LogP contribution in [0.2, 0.25) is 0 Å². The highest BCUT2D eigenvalue weighted by molar-refractivity contribution is 8.01. The molecule has 0 spiro atoms. The van der Waals surface area contributed by atoms with Gasteiger partial charge in [-0.25, -0.2) is 9.97 Å². The minimum Gasteiger partial charge on any atom is -0.399 e. The number of fused-ring (bicyclic) bond motifs is 1. The van der Waals surface area contributed by atoms with Gasteiger partial charge in [0.1, 0.15) is 28.5 Å². The lowest BCUT2D eigenvalue weighted by Gasteiger charge is -2.09. The number of aromatic nitrogens is 3. The van der Waals surface area contributed by atoms with E-state index >= 15 is 0 Å². The molecule has 0 N–H and O–H groups in total. The third kappa shape index (κ3) is 2.85. The predicted molar refractivity (Wildman–Crippen MR) is 100 cm³/mol. The molecule has 0 amide bonds. The normalized spacial score (nSPS) is 15.5. The fraction of sp³-hybridized carbons (Fsp3) is 0.250. The zero-order valence-electron chi connectivity index (χ0n) is 13.1. The maximum Gasteiger partial charge on any atom is 0.137 e. The smallest absolute Gasteiger partial charge is 0.137 e. The number of nitrogens with zero attached hydrogens (tertiary/aromatic N) is 4. The number of hydrogen-bond acceptors (Lipinski definition) is 8. The second-order valence-corrected chi connectivity index (χ2v) is 8.51. The van der Waals surface area contributed by atoms with Crippen LogP contribution in [0.3, 0.4) is 0 Å². The van der Waals surface area contributed by atoms with Crippen LogP contribution in [-0.2, 0) is 4.84 Å². The fourth-order valence-corrected chi connectivity index (χ4v) is 5.96. The molecule has 0 aliphatic carbocycles. The summed E-state index contributed by atoms with van der Waals surface area (Å²) in [5.74, 6) is 1.01. The Labute approximate surface area is 151 Å². The van der Waals surface area contributed by atoms with E-state index in [1.54, 1.807) is 36.0 Å². The molecule has 0 aromatic carbocycles. The minimum absolute atomic E-state index is 0.886. The summed E-state index contributed by atoms with van der Waals surface area (Å²) in [5.41, 5.74) is 3.93. The molecule has 3 aromatic heterocycles. The summed E-state index contributed by atoms with van der Waals surface area (Å²) >= 11 is 5.21. The van der Waals surface area contributed by atoms with Crippen molar-refractivity contribution in [2.24, 2.45) is 5.16 Å². The Hall–Kier alpha value is -1.77. The average molecular weight is 375 g/mol. The Morgan fingerprint density at radius 3 is 2.92 bits per heavy atom. The zero-order chi connectivity index (χ0) is 16.5. The third-order valence-corrected chi connectivity index (χ3v) is 7.22.